The zero-order valence-corrected chi connectivity index (χ0v) is 17.3. The molecule has 1 atom stereocenters. The number of carbonyl (C=O) groups excluding carboxylic acids is 1. The SMILES string of the molecule is CCOc1ccc(C2(CNC3CCN(c4cnn(C)c4)C3=O)CCOCC2)cc1. The van der Waals surface area contributed by atoms with Gasteiger partial charge in [-0.2, -0.15) is 5.10 Å². The van der Waals surface area contributed by atoms with Crippen molar-refractivity contribution in [1.29, 1.82) is 0 Å². The number of hydrogen-bond acceptors (Lipinski definition) is 5. The number of aromatic nitrogens is 2. The maximum Gasteiger partial charge on any atom is 0.244 e. The number of rotatable bonds is 7. The normalized spacial score (nSPS) is 21.5. The number of nitrogens with one attached hydrogen (secondary N) is 1. The molecule has 1 aromatic carbocycles. The number of carbonyl (C=O) groups is 1. The van der Waals surface area contributed by atoms with Crippen molar-refractivity contribution in [3.63, 3.8) is 0 Å². The molecule has 2 aliphatic heterocycles. The van der Waals surface area contributed by atoms with Crippen LogP contribution in [0.4, 0.5) is 5.69 Å². The maximum absolute atomic E-state index is 12.9. The van der Waals surface area contributed by atoms with Crippen molar-refractivity contribution in [3.05, 3.63) is 42.2 Å². The Morgan fingerprint density at radius 1 is 1.28 bits per heavy atom. The number of benzene rings is 1. The van der Waals surface area contributed by atoms with Gasteiger partial charge in [0.25, 0.3) is 0 Å². The summed E-state index contributed by atoms with van der Waals surface area (Å²) in [5, 5.41) is 7.77. The predicted molar refractivity (Wildman–Crippen MR) is 111 cm³/mol. The Morgan fingerprint density at radius 2 is 2.03 bits per heavy atom. The molecule has 7 heteroatoms. The lowest BCUT2D eigenvalue weighted by molar-refractivity contribution is -0.118. The third-order valence-corrected chi connectivity index (χ3v) is 6.12. The molecule has 0 bridgehead atoms. The van der Waals surface area contributed by atoms with Crippen LogP contribution in [0.25, 0.3) is 0 Å². The van der Waals surface area contributed by atoms with Gasteiger partial charge < -0.3 is 19.7 Å². The van der Waals surface area contributed by atoms with E-state index in [0.717, 1.165) is 57.0 Å². The van der Waals surface area contributed by atoms with Gasteiger partial charge in [-0.15, -0.1) is 0 Å². The summed E-state index contributed by atoms with van der Waals surface area (Å²) in [6.07, 6.45) is 6.34. The molecule has 1 amide bonds. The van der Waals surface area contributed by atoms with E-state index in [1.165, 1.54) is 5.56 Å². The average molecular weight is 399 g/mol. The minimum absolute atomic E-state index is 0.0228. The zero-order valence-electron chi connectivity index (χ0n) is 17.3. The van der Waals surface area contributed by atoms with Crippen molar-refractivity contribution >= 4 is 11.6 Å². The van der Waals surface area contributed by atoms with Gasteiger partial charge in [0.1, 0.15) is 5.75 Å². The highest BCUT2D eigenvalue weighted by molar-refractivity contribution is 5.99. The van der Waals surface area contributed by atoms with Crippen LogP contribution in [0.3, 0.4) is 0 Å². The Hall–Kier alpha value is -2.38. The van der Waals surface area contributed by atoms with Crippen molar-refractivity contribution in [2.24, 2.45) is 7.05 Å². The second-order valence-corrected chi connectivity index (χ2v) is 7.93. The Labute approximate surface area is 172 Å². The van der Waals surface area contributed by atoms with Crippen molar-refractivity contribution in [1.82, 2.24) is 15.1 Å². The number of amides is 1. The monoisotopic (exact) mass is 398 g/mol. The molecular weight excluding hydrogens is 368 g/mol. The van der Waals surface area contributed by atoms with Crippen molar-refractivity contribution in [2.45, 2.75) is 37.6 Å². The first-order chi connectivity index (χ1) is 14.1. The Kier molecular flexibility index (Phi) is 5.87. The van der Waals surface area contributed by atoms with Gasteiger partial charge in [-0.05, 0) is 43.9 Å². The van der Waals surface area contributed by atoms with E-state index in [0.29, 0.717) is 6.61 Å². The van der Waals surface area contributed by atoms with E-state index in [1.54, 1.807) is 10.9 Å². The van der Waals surface area contributed by atoms with Gasteiger partial charge in [-0.3, -0.25) is 9.48 Å². The molecule has 2 aromatic rings. The molecule has 1 aromatic heterocycles. The van der Waals surface area contributed by atoms with E-state index in [9.17, 15) is 4.79 Å². The van der Waals surface area contributed by atoms with Crippen LogP contribution in [0.2, 0.25) is 0 Å². The summed E-state index contributed by atoms with van der Waals surface area (Å²) in [6, 6.07) is 8.26. The molecular formula is C22H30N4O3. The molecule has 156 valence electrons. The van der Waals surface area contributed by atoms with Crippen LogP contribution in [0.1, 0.15) is 31.7 Å². The van der Waals surface area contributed by atoms with Gasteiger partial charge in [-0.1, -0.05) is 12.1 Å². The fourth-order valence-corrected chi connectivity index (χ4v) is 4.39. The van der Waals surface area contributed by atoms with E-state index in [-0.39, 0.29) is 17.4 Å². The van der Waals surface area contributed by atoms with Crippen LogP contribution in [0, 0.1) is 0 Å². The quantitative estimate of drug-likeness (QED) is 0.775. The van der Waals surface area contributed by atoms with Crippen molar-refractivity contribution in [2.75, 3.05) is 37.8 Å². The smallest absolute Gasteiger partial charge is 0.244 e. The van der Waals surface area contributed by atoms with Crippen molar-refractivity contribution in [3.8, 4) is 5.75 Å². The Balaban J connectivity index is 1.45. The molecule has 0 saturated carbocycles. The summed E-state index contributed by atoms with van der Waals surface area (Å²) in [5.41, 5.74) is 2.13. The molecule has 2 aliphatic rings. The van der Waals surface area contributed by atoms with E-state index in [2.05, 4.69) is 22.5 Å². The molecule has 0 spiro atoms. The van der Waals surface area contributed by atoms with Crippen molar-refractivity contribution < 1.29 is 14.3 Å². The maximum atomic E-state index is 12.9. The molecule has 1 unspecified atom stereocenters. The number of aryl methyl sites for hydroxylation is 1. The van der Waals surface area contributed by atoms with E-state index < -0.39 is 0 Å². The van der Waals surface area contributed by atoms with Crippen LogP contribution < -0.4 is 15.0 Å². The average Bonchev–Trinajstić information content (AvgIpc) is 3.33. The Morgan fingerprint density at radius 3 is 2.69 bits per heavy atom. The first-order valence-corrected chi connectivity index (χ1v) is 10.5. The van der Waals surface area contributed by atoms with E-state index in [1.807, 2.05) is 37.2 Å². The predicted octanol–water partition coefficient (Wildman–Crippen LogP) is 2.26. The summed E-state index contributed by atoms with van der Waals surface area (Å²) < 4.78 is 13.0. The zero-order chi connectivity index (χ0) is 20.3. The Bertz CT molecular complexity index is 827. The first-order valence-electron chi connectivity index (χ1n) is 10.5. The lowest BCUT2D eigenvalue weighted by Crippen LogP contribution is -2.48. The van der Waals surface area contributed by atoms with Crippen LogP contribution >= 0.6 is 0 Å². The van der Waals surface area contributed by atoms with Crippen LogP contribution in [0.15, 0.2) is 36.7 Å². The first kappa shape index (κ1) is 19.9. The summed E-state index contributed by atoms with van der Waals surface area (Å²) in [5.74, 6) is 1.02. The molecule has 2 fully saturated rings. The summed E-state index contributed by atoms with van der Waals surface area (Å²) in [6.45, 7) is 5.63. The topological polar surface area (TPSA) is 68.6 Å². The number of ether oxygens (including phenoxy) is 2. The number of nitrogens with zero attached hydrogens (tertiary/aromatic N) is 3. The van der Waals surface area contributed by atoms with Gasteiger partial charge in [0.2, 0.25) is 5.91 Å². The molecule has 3 heterocycles. The second kappa shape index (κ2) is 8.55. The molecule has 1 N–H and O–H groups in total. The van der Waals surface area contributed by atoms with Crippen LogP contribution in [0.5, 0.6) is 5.75 Å². The lowest BCUT2D eigenvalue weighted by Gasteiger charge is -2.38. The van der Waals surface area contributed by atoms with Crippen LogP contribution in [-0.2, 0) is 22.0 Å². The fraction of sp³-hybridized carbons (Fsp3) is 0.545. The van der Waals surface area contributed by atoms with Gasteiger partial charge >= 0.3 is 0 Å². The highest BCUT2D eigenvalue weighted by Crippen LogP contribution is 2.35. The third kappa shape index (κ3) is 4.16. The molecule has 4 rings (SSSR count). The van der Waals surface area contributed by atoms with Gasteiger partial charge in [0.15, 0.2) is 0 Å². The minimum Gasteiger partial charge on any atom is -0.494 e. The molecule has 2 saturated heterocycles. The van der Waals surface area contributed by atoms with Gasteiger partial charge in [-0.25, -0.2) is 0 Å². The van der Waals surface area contributed by atoms with Gasteiger partial charge in [0, 0.05) is 45.0 Å². The molecule has 29 heavy (non-hydrogen) atoms. The number of anilines is 1. The molecule has 7 nitrogen and oxygen atoms in total. The fourth-order valence-electron chi connectivity index (χ4n) is 4.39. The second-order valence-electron chi connectivity index (χ2n) is 7.93. The van der Waals surface area contributed by atoms with E-state index in [4.69, 9.17) is 9.47 Å². The molecule has 0 radical (unpaired) electrons. The van der Waals surface area contributed by atoms with Gasteiger partial charge in [0.05, 0.1) is 24.5 Å². The summed E-state index contributed by atoms with van der Waals surface area (Å²) in [4.78, 5) is 14.8. The third-order valence-electron chi connectivity index (χ3n) is 6.12. The highest BCUT2D eigenvalue weighted by atomic mass is 16.5. The molecule has 0 aliphatic carbocycles. The summed E-state index contributed by atoms with van der Waals surface area (Å²) in [7, 11) is 1.87. The standard InChI is InChI=1S/C22H30N4O3/c1-3-29-19-6-4-17(5-7-19)22(9-12-28-13-10-22)16-23-20-8-11-26(21(20)27)18-14-24-25(2)15-18/h4-7,14-15,20,23H,3,8-13,16H2,1-2H3. The largest absolute Gasteiger partial charge is 0.494 e. The van der Waals surface area contributed by atoms with E-state index >= 15 is 0 Å². The minimum atomic E-state index is -0.155. The van der Waals surface area contributed by atoms with Crippen LogP contribution in [-0.4, -0.2) is 54.6 Å². The number of hydrogen-bond donors (Lipinski definition) is 1. The summed E-state index contributed by atoms with van der Waals surface area (Å²) >= 11 is 0. The highest BCUT2D eigenvalue weighted by Gasteiger charge is 2.38. The lowest BCUT2D eigenvalue weighted by atomic mass is 9.74.